The lowest BCUT2D eigenvalue weighted by molar-refractivity contribution is 0.208. The standard InChI is InChI=1S/C13H16N2S2/c14-13(8-4-1-5-9-13)15-10-6-2-3-7-11(10)17-12(15)16/h2-3,6-7H,1,4-5,8-9,14H2. The summed E-state index contributed by atoms with van der Waals surface area (Å²) in [7, 11) is 0. The first-order valence-electron chi connectivity index (χ1n) is 6.11. The van der Waals surface area contributed by atoms with Crippen LogP contribution in [-0.4, -0.2) is 4.57 Å². The zero-order valence-corrected chi connectivity index (χ0v) is 11.3. The molecule has 1 aliphatic carbocycles. The van der Waals surface area contributed by atoms with Crippen LogP contribution >= 0.6 is 23.6 Å². The molecule has 0 saturated heterocycles. The van der Waals surface area contributed by atoms with Gasteiger partial charge in [-0.05, 0) is 50.0 Å². The quantitative estimate of drug-likeness (QED) is 0.789. The fourth-order valence-corrected chi connectivity index (χ4v) is 4.30. The summed E-state index contributed by atoms with van der Waals surface area (Å²) in [5.41, 5.74) is 7.54. The number of fused-ring (bicyclic) bond motifs is 1. The van der Waals surface area contributed by atoms with E-state index in [9.17, 15) is 0 Å². The van der Waals surface area contributed by atoms with E-state index in [-0.39, 0.29) is 5.66 Å². The molecule has 0 spiro atoms. The van der Waals surface area contributed by atoms with Crippen molar-refractivity contribution in [2.45, 2.75) is 37.8 Å². The molecule has 0 aliphatic heterocycles. The van der Waals surface area contributed by atoms with E-state index in [1.54, 1.807) is 11.3 Å². The maximum absolute atomic E-state index is 6.59. The summed E-state index contributed by atoms with van der Waals surface area (Å²) in [5, 5.41) is 0. The molecule has 1 aliphatic rings. The molecule has 3 rings (SSSR count). The Morgan fingerprint density at radius 2 is 1.88 bits per heavy atom. The number of nitrogens with two attached hydrogens (primary N) is 1. The Morgan fingerprint density at radius 3 is 2.65 bits per heavy atom. The number of nitrogens with zero attached hydrogens (tertiary/aromatic N) is 1. The minimum Gasteiger partial charge on any atom is -0.308 e. The lowest BCUT2D eigenvalue weighted by Gasteiger charge is -2.35. The molecule has 17 heavy (non-hydrogen) atoms. The second kappa shape index (κ2) is 4.19. The molecule has 1 aromatic carbocycles. The number of para-hydroxylation sites is 1. The van der Waals surface area contributed by atoms with Gasteiger partial charge in [0.05, 0.1) is 15.9 Å². The molecule has 0 radical (unpaired) electrons. The third-order valence-corrected chi connectivity index (χ3v) is 5.01. The Labute approximate surface area is 110 Å². The van der Waals surface area contributed by atoms with Crippen LogP contribution in [0.5, 0.6) is 0 Å². The Kier molecular flexibility index (Phi) is 2.81. The summed E-state index contributed by atoms with van der Waals surface area (Å²) in [6.07, 6.45) is 5.81. The monoisotopic (exact) mass is 264 g/mol. The third kappa shape index (κ3) is 1.84. The van der Waals surface area contributed by atoms with Gasteiger partial charge in [-0.2, -0.15) is 0 Å². The van der Waals surface area contributed by atoms with Crippen LogP contribution in [0, 0.1) is 3.95 Å². The SMILES string of the molecule is NC1(n2c(=S)sc3ccccc32)CCCCC1. The number of hydrogen-bond donors (Lipinski definition) is 1. The molecular weight excluding hydrogens is 248 g/mol. The van der Waals surface area contributed by atoms with Crippen LogP contribution in [0.15, 0.2) is 24.3 Å². The molecule has 2 nitrogen and oxygen atoms in total. The summed E-state index contributed by atoms with van der Waals surface area (Å²) < 4.78 is 4.35. The van der Waals surface area contributed by atoms with E-state index in [0.717, 1.165) is 16.8 Å². The lowest BCUT2D eigenvalue weighted by Crippen LogP contribution is -2.44. The highest BCUT2D eigenvalue weighted by molar-refractivity contribution is 7.73. The van der Waals surface area contributed by atoms with E-state index in [0.29, 0.717) is 0 Å². The summed E-state index contributed by atoms with van der Waals surface area (Å²) in [4.78, 5) is 0. The van der Waals surface area contributed by atoms with Gasteiger partial charge < -0.3 is 10.3 Å². The van der Waals surface area contributed by atoms with Crippen molar-refractivity contribution >= 4 is 33.8 Å². The minimum atomic E-state index is -0.255. The number of aromatic nitrogens is 1. The van der Waals surface area contributed by atoms with Crippen molar-refractivity contribution in [3.8, 4) is 0 Å². The van der Waals surface area contributed by atoms with Gasteiger partial charge in [0.25, 0.3) is 0 Å². The molecule has 4 heteroatoms. The molecule has 0 amide bonds. The first-order chi connectivity index (χ1) is 8.21. The Morgan fingerprint density at radius 1 is 1.18 bits per heavy atom. The molecule has 2 N–H and O–H groups in total. The molecular formula is C13H16N2S2. The van der Waals surface area contributed by atoms with Crippen LogP contribution in [0.3, 0.4) is 0 Å². The van der Waals surface area contributed by atoms with Crippen LogP contribution < -0.4 is 5.73 Å². The van der Waals surface area contributed by atoms with Gasteiger partial charge in [0, 0.05) is 0 Å². The topological polar surface area (TPSA) is 30.9 Å². The van der Waals surface area contributed by atoms with Crippen molar-refractivity contribution in [2.75, 3.05) is 0 Å². The molecule has 0 unspecified atom stereocenters. The molecule has 1 fully saturated rings. The zero-order chi connectivity index (χ0) is 11.9. The fourth-order valence-electron chi connectivity index (χ4n) is 2.78. The van der Waals surface area contributed by atoms with Crippen molar-refractivity contribution in [3.63, 3.8) is 0 Å². The maximum Gasteiger partial charge on any atom is 0.163 e. The van der Waals surface area contributed by atoms with E-state index >= 15 is 0 Å². The lowest BCUT2D eigenvalue weighted by atomic mass is 9.89. The minimum absolute atomic E-state index is 0.255. The Bertz CT molecular complexity index is 591. The maximum atomic E-state index is 6.59. The molecule has 2 aromatic rings. The number of hydrogen-bond acceptors (Lipinski definition) is 3. The zero-order valence-electron chi connectivity index (χ0n) is 9.69. The van der Waals surface area contributed by atoms with Gasteiger partial charge in [0.1, 0.15) is 0 Å². The van der Waals surface area contributed by atoms with E-state index < -0.39 is 0 Å². The molecule has 1 aromatic heterocycles. The summed E-state index contributed by atoms with van der Waals surface area (Å²) in [6, 6.07) is 8.37. The highest BCUT2D eigenvalue weighted by Crippen LogP contribution is 2.35. The van der Waals surface area contributed by atoms with Gasteiger partial charge in [-0.25, -0.2) is 0 Å². The van der Waals surface area contributed by atoms with Crippen molar-refractivity contribution < 1.29 is 0 Å². The second-order valence-corrected chi connectivity index (χ2v) is 6.51. The number of thiazole rings is 1. The normalized spacial score (nSPS) is 19.6. The molecule has 90 valence electrons. The number of benzene rings is 1. The van der Waals surface area contributed by atoms with Gasteiger partial charge >= 0.3 is 0 Å². The fraction of sp³-hybridized carbons (Fsp3) is 0.462. The summed E-state index contributed by atoms with van der Waals surface area (Å²) >= 11 is 7.18. The first kappa shape index (κ1) is 11.4. The molecule has 0 atom stereocenters. The molecule has 0 bridgehead atoms. The molecule has 1 saturated carbocycles. The van der Waals surface area contributed by atoms with Crippen LogP contribution in [0.2, 0.25) is 0 Å². The van der Waals surface area contributed by atoms with Gasteiger partial charge in [-0.15, -0.1) is 11.3 Å². The predicted octanol–water partition coefficient (Wildman–Crippen LogP) is 4.01. The van der Waals surface area contributed by atoms with E-state index in [2.05, 4.69) is 28.8 Å². The van der Waals surface area contributed by atoms with Gasteiger partial charge in [-0.1, -0.05) is 18.6 Å². The van der Waals surface area contributed by atoms with Crippen LogP contribution in [0.1, 0.15) is 32.1 Å². The van der Waals surface area contributed by atoms with Gasteiger partial charge in [0.15, 0.2) is 3.95 Å². The summed E-state index contributed by atoms with van der Waals surface area (Å²) in [5.74, 6) is 0. The van der Waals surface area contributed by atoms with Crippen molar-refractivity contribution in [3.05, 3.63) is 28.2 Å². The van der Waals surface area contributed by atoms with E-state index in [1.165, 1.54) is 29.5 Å². The average Bonchev–Trinajstić information content (AvgIpc) is 2.66. The highest BCUT2D eigenvalue weighted by Gasteiger charge is 2.31. The second-order valence-electron chi connectivity index (χ2n) is 4.84. The first-order valence-corrected chi connectivity index (χ1v) is 7.33. The van der Waals surface area contributed by atoms with Gasteiger partial charge in [-0.3, -0.25) is 0 Å². The largest absolute Gasteiger partial charge is 0.308 e. The van der Waals surface area contributed by atoms with Crippen LogP contribution in [0.4, 0.5) is 0 Å². The van der Waals surface area contributed by atoms with Crippen molar-refractivity contribution in [2.24, 2.45) is 5.73 Å². The number of rotatable bonds is 1. The van der Waals surface area contributed by atoms with Crippen LogP contribution in [-0.2, 0) is 5.66 Å². The highest BCUT2D eigenvalue weighted by atomic mass is 32.1. The van der Waals surface area contributed by atoms with E-state index in [4.69, 9.17) is 18.0 Å². The van der Waals surface area contributed by atoms with Crippen molar-refractivity contribution in [1.82, 2.24) is 4.57 Å². The van der Waals surface area contributed by atoms with Gasteiger partial charge in [0.2, 0.25) is 0 Å². The smallest absolute Gasteiger partial charge is 0.163 e. The average molecular weight is 264 g/mol. The molecule has 1 heterocycles. The Hall–Kier alpha value is -0.710. The summed E-state index contributed by atoms with van der Waals surface area (Å²) in [6.45, 7) is 0. The van der Waals surface area contributed by atoms with Crippen molar-refractivity contribution in [1.29, 1.82) is 0 Å². The van der Waals surface area contributed by atoms with E-state index in [1.807, 2.05) is 0 Å². The predicted molar refractivity (Wildman–Crippen MR) is 75.9 cm³/mol. The third-order valence-electron chi connectivity index (χ3n) is 3.65. The van der Waals surface area contributed by atoms with Crippen LogP contribution in [0.25, 0.3) is 10.2 Å². The Balaban J connectivity index is 2.22.